The van der Waals surface area contributed by atoms with Crippen LogP contribution in [0.1, 0.15) is 20.9 Å². The van der Waals surface area contributed by atoms with Gasteiger partial charge in [-0.25, -0.2) is 0 Å². The Hall–Kier alpha value is -1.94. The highest BCUT2D eigenvalue weighted by molar-refractivity contribution is 7.12. The van der Waals surface area contributed by atoms with Crippen LogP contribution in [-0.2, 0) is 13.5 Å². The number of benzene rings is 1. The van der Waals surface area contributed by atoms with Gasteiger partial charge in [0.15, 0.2) is 5.78 Å². The number of fused-ring (bicyclic) bond motifs is 1. The highest BCUT2D eigenvalue weighted by atomic mass is 32.1. The fraction of sp³-hybridized carbons (Fsp3) is 0.200. The fourth-order valence-corrected chi connectivity index (χ4v) is 3.18. The monoisotopic (exact) mass is 270 g/mol. The molecule has 0 bridgehead atoms. The van der Waals surface area contributed by atoms with Crippen molar-refractivity contribution in [3.05, 3.63) is 51.8 Å². The van der Waals surface area contributed by atoms with Gasteiger partial charge in [0.1, 0.15) is 0 Å². The Bertz CT molecular complexity index is 754. The first-order valence-electron chi connectivity index (χ1n) is 6.14. The molecule has 0 saturated heterocycles. The summed E-state index contributed by atoms with van der Waals surface area (Å²) in [6.45, 7) is 1.97. The zero-order valence-corrected chi connectivity index (χ0v) is 11.7. The molecule has 0 unspecified atom stereocenters. The van der Waals surface area contributed by atoms with Crippen molar-refractivity contribution in [1.29, 1.82) is 0 Å². The van der Waals surface area contributed by atoms with Gasteiger partial charge in [-0.1, -0.05) is 18.2 Å². The van der Waals surface area contributed by atoms with Gasteiger partial charge in [-0.3, -0.25) is 9.48 Å². The third kappa shape index (κ3) is 2.08. The first-order valence-corrected chi connectivity index (χ1v) is 7.02. The predicted molar refractivity (Wildman–Crippen MR) is 77.8 cm³/mol. The molecule has 0 aliphatic heterocycles. The molecule has 0 aliphatic rings. The second-order valence-corrected chi connectivity index (χ2v) is 5.54. The Labute approximate surface area is 115 Å². The molecule has 96 valence electrons. The molecular formula is C15H14N2OS. The number of nitrogens with zero attached hydrogens (tertiary/aromatic N) is 2. The highest BCUT2D eigenvalue weighted by Gasteiger charge is 2.15. The number of ketones is 1. The summed E-state index contributed by atoms with van der Waals surface area (Å²) in [6.07, 6.45) is 0.364. The van der Waals surface area contributed by atoms with Gasteiger partial charge in [0.25, 0.3) is 0 Å². The minimum Gasteiger partial charge on any atom is -0.293 e. The maximum Gasteiger partial charge on any atom is 0.179 e. The van der Waals surface area contributed by atoms with Gasteiger partial charge in [0.2, 0.25) is 0 Å². The molecule has 0 N–H and O–H groups in total. The van der Waals surface area contributed by atoms with Crippen molar-refractivity contribution in [2.24, 2.45) is 7.05 Å². The lowest BCUT2D eigenvalue weighted by molar-refractivity contribution is 0.0995. The maximum absolute atomic E-state index is 12.3. The Balaban J connectivity index is 1.98. The van der Waals surface area contributed by atoms with E-state index in [4.69, 9.17) is 0 Å². The molecular weight excluding hydrogens is 256 g/mol. The fourth-order valence-electron chi connectivity index (χ4n) is 2.31. The van der Waals surface area contributed by atoms with E-state index in [1.165, 1.54) is 11.3 Å². The average Bonchev–Trinajstić information content (AvgIpc) is 2.95. The third-order valence-corrected chi connectivity index (χ3v) is 4.34. The van der Waals surface area contributed by atoms with Crippen LogP contribution in [0.15, 0.2) is 35.7 Å². The van der Waals surface area contributed by atoms with Crippen LogP contribution in [0.3, 0.4) is 0 Å². The van der Waals surface area contributed by atoms with Gasteiger partial charge in [-0.2, -0.15) is 5.10 Å². The minimum absolute atomic E-state index is 0.149. The van der Waals surface area contributed by atoms with Crippen LogP contribution in [0.4, 0.5) is 0 Å². The summed E-state index contributed by atoms with van der Waals surface area (Å²) in [7, 11) is 1.91. The predicted octanol–water partition coefficient (Wildman–Crippen LogP) is 3.37. The Morgan fingerprint density at radius 3 is 2.84 bits per heavy atom. The maximum atomic E-state index is 12.3. The smallest absolute Gasteiger partial charge is 0.179 e. The van der Waals surface area contributed by atoms with Gasteiger partial charge in [0.05, 0.1) is 22.5 Å². The molecule has 3 nitrogen and oxygen atoms in total. The zero-order chi connectivity index (χ0) is 13.4. The molecule has 0 amide bonds. The molecule has 2 heterocycles. The number of hydrogen-bond acceptors (Lipinski definition) is 3. The van der Waals surface area contributed by atoms with Crippen molar-refractivity contribution < 1.29 is 4.79 Å². The highest BCUT2D eigenvalue weighted by Crippen LogP contribution is 2.22. The van der Waals surface area contributed by atoms with Crippen LogP contribution in [-0.4, -0.2) is 15.6 Å². The first-order chi connectivity index (χ1) is 9.16. The SMILES string of the molecule is Cc1ccsc1C(=O)Cc1nn(C)c2ccccc12. The van der Waals surface area contributed by atoms with Gasteiger partial charge >= 0.3 is 0 Å². The summed E-state index contributed by atoms with van der Waals surface area (Å²) in [5.41, 5.74) is 2.97. The molecule has 2 aromatic heterocycles. The van der Waals surface area contributed by atoms with E-state index in [1.54, 1.807) is 0 Å². The quantitative estimate of drug-likeness (QED) is 0.684. The largest absolute Gasteiger partial charge is 0.293 e. The molecule has 0 saturated carbocycles. The lowest BCUT2D eigenvalue weighted by Crippen LogP contribution is -2.04. The number of para-hydroxylation sites is 1. The lowest BCUT2D eigenvalue weighted by atomic mass is 10.1. The van der Waals surface area contributed by atoms with E-state index in [9.17, 15) is 4.79 Å². The number of aromatic nitrogens is 2. The summed E-state index contributed by atoms with van der Waals surface area (Å²) in [5.74, 6) is 0.149. The second-order valence-electron chi connectivity index (χ2n) is 4.62. The molecule has 19 heavy (non-hydrogen) atoms. The Kier molecular flexibility index (Phi) is 2.95. The number of Topliss-reactive ketones (excluding diaryl/α,β-unsaturated/α-hetero) is 1. The number of carbonyl (C=O) groups is 1. The summed E-state index contributed by atoms with van der Waals surface area (Å²) in [5, 5.41) is 7.49. The number of hydrogen-bond donors (Lipinski definition) is 0. The Morgan fingerprint density at radius 1 is 1.32 bits per heavy atom. The van der Waals surface area contributed by atoms with E-state index < -0.39 is 0 Å². The van der Waals surface area contributed by atoms with Crippen LogP contribution in [0.25, 0.3) is 10.9 Å². The molecule has 0 radical (unpaired) electrons. The summed E-state index contributed by atoms with van der Waals surface area (Å²) >= 11 is 1.50. The molecule has 4 heteroatoms. The van der Waals surface area contributed by atoms with Gasteiger partial charge in [-0.05, 0) is 30.0 Å². The van der Waals surface area contributed by atoms with E-state index in [2.05, 4.69) is 5.10 Å². The molecule has 1 aromatic carbocycles. The van der Waals surface area contributed by atoms with Crippen molar-refractivity contribution >= 4 is 28.0 Å². The first kappa shape index (κ1) is 12.1. The number of rotatable bonds is 3. The lowest BCUT2D eigenvalue weighted by Gasteiger charge is -1.98. The van der Waals surface area contributed by atoms with Crippen molar-refractivity contribution in [3.8, 4) is 0 Å². The molecule has 3 rings (SSSR count). The molecule has 0 fully saturated rings. The summed E-state index contributed by atoms with van der Waals surface area (Å²) < 4.78 is 1.83. The van der Waals surface area contributed by atoms with Crippen LogP contribution in [0.5, 0.6) is 0 Å². The Morgan fingerprint density at radius 2 is 2.11 bits per heavy atom. The topological polar surface area (TPSA) is 34.9 Å². The van der Waals surface area contributed by atoms with Crippen molar-refractivity contribution in [3.63, 3.8) is 0 Å². The van der Waals surface area contributed by atoms with Crippen molar-refractivity contribution in [2.75, 3.05) is 0 Å². The number of carbonyl (C=O) groups excluding carboxylic acids is 1. The zero-order valence-electron chi connectivity index (χ0n) is 10.9. The number of aryl methyl sites for hydroxylation is 2. The standard InChI is InChI=1S/C15H14N2OS/c1-10-7-8-19-15(10)14(18)9-12-11-5-3-4-6-13(11)17(2)16-12/h3-8H,9H2,1-2H3. The normalized spacial score (nSPS) is 11.1. The second kappa shape index (κ2) is 4.63. The molecule has 3 aromatic rings. The van der Waals surface area contributed by atoms with E-state index in [0.29, 0.717) is 6.42 Å². The minimum atomic E-state index is 0.149. The van der Waals surface area contributed by atoms with E-state index >= 15 is 0 Å². The van der Waals surface area contributed by atoms with Crippen LogP contribution in [0, 0.1) is 6.92 Å². The van der Waals surface area contributed by atoms with Crippen molar-refractivity contribution in [1.82, 2.24) is 9.78 Å². The van der Waals surface area contributed by atoms with Gasteiger partial charge in [0, 0.05) is 12.4 Å². The van der Waals surface area contributed by atoms with Crippen LogP contribution < -0.4 is 0 Å². The summed E-state index contributed by atoms with van der Waals surface area (Å²) in [6, 6.07) is 9.99. The van der Waals surface area contributed by atoms with Crippen LogP contribution >= 0.6 is 11.3 Å². The molecule has 0 atom stereocenters. The molecule has 0 spiro atoms. The van der Waals surface area contributed by atoms with E-state index in [0.717, 1.165) is 27.0 Å². The third-order valence-electron chi connectivity index (χ3n) is 3.28. The van der Waals surface area contributed by atoms with Gasteiger partial charge < -0.3 is 0 Å². The average molecular weight is 270 g/mol. The van der Waals surface area contributed by atoms with Gasteiger partial charge in [-0.15, -0.1) is 11.3 Å². The summed E-state index contributed by atoms with van der Waals surface area (Å²) in [4.78, 5) is 13.2. The van der Waals surface area contributed by atoms with E-state index in [1.807, 2.05) is 54.4 Å². The van der Waals surface area contributed by atoms with Crippen molar-refractivity contribution in [2.45, 2.75) is 13.3 Å². The van der Waals surface area contributed by atoms with E-state index in [-0.39, 0.29) is 5.78 Å². The number of thiophene rings is 1. The molecule has 0 aliphatic carbocycles. The van der Waals surface area contributed by atoms with Crippen LogP contribution in [0.2, 0.25) is 0 Å².